The first-order chi connectivity index (χ1) is 15.9. The van der Waals surface area contributed by atoms with Gasteiger partial charge < -0.3 is 19.9 Å². The van der Waals surface area contributed by atoms with Crippen molar-refractivity contribution in [1.29, 1.82) is 0 Å². The Hall–Kier alpha value is -1.17. The van der Waals surface area contributed by atoms with Crippen molar-refractivity contribution in [2.75, 3.05) is 19.5 Å². The van der Waals surface area contributed by atoms with E-state index in [1.165, 1.54) is 11.3 Å². The average Bonchev–Trinajstić information content (AvgIpc) is 3.40. The number of thiazole rings is 2. The first kappa shape index (κ1) is 24.9. The first-order valence-electron chi connectivity index (χ1n) is 10.3. The summed E-state index contributed by atoms with van der Waals surface area (Å²) in [6, 6.07) is 7.73. The highest BCUT2D eigenvalue weighted by molar-refractivity contribution is 9.11. The van der Waals surface area contributed by atoms with E-state index in [4.69, 9.17) is 21.1 Å². The molecule has 0 spiro atoms. The molecule has 2 atom stereocenters. The van der Waals surface area contributed by atoms with Gasteiger partial charge in [0, 0.05) is 0 Å². The minimum atomic E-state index is -0.270. The summed E-state index contributed by atoms with van der Waals surface area (Å²) in [6.45, 7) is 0. The Morgan fingerprint density at radius 2 is 1.52 bits per heavy atom. The Bertz CT molecular complexity index is 1270. The molecular weight excluding hydrogens is 614 g/mol. The molecule has 1 aliphatic carbocycles. The molecule has 6 nitrogen and oxygen atoms in total. The molecule has 0 radical (unpaired) electrons. The van der Waals surface area contributed by atoms with E-state index in [1.54, 1.807) is 25.6 Å². The van der Waals surface area contributed by atoms with E-state index in [0.717, 1.165) is 71.7 Å². The third-order valence-electron chi connectivity index (χ3n) is 5.38. The molecule has 2 aromatic heterocycles. The predicted octanol–water partition coefficient (Wildman–Crippen LogP) is 7.50. The van der Waals surface area contributed by atoms with Crippen LogP contribution in [0, 0.1) is 0 Å². The monoisotopic (exact) mass is 633 g/mol. The fraction of sp³-hybridized carbons (Fsp3) is 0.364. The highest BCUT2D eigenvalue weighted by Crippen LogP contribution is 2.39. The van der Waals surface area contributed by atoms with Crippen LogP contribution < -0.4 is 14.8 Å². The highest BCUT2D eigenvalue weighted by Gasteiger charge is 2.24. The number of nitrogens with zero attached hydrogens (tertiary/aromatic N) is 2. The van der Waals surface area contributed by atoms with Crippen LogP contribution in [0.2, 0.25) is 4.47 Å². The van der Waals surface area contributed by atoms with Crippen LogP contribution in [0.15, 0.2) is 33.2 Å². The lowest BCUT2D eigenvalue weighted by molar-refractivity contribution is 0.116. The molecule has 0 unspecified atom stereocenters. The van der Waals surface area contributed by atoms with Gasteiger partial charge in [0.2, 0.25) is 0 Å². The van der Waals surface area contributed by atoms with Gasteiger partial charge in [0.25, 0.3) is 0 Å². The Morgan fingerprint density at radius 3 is 2.12 bits per heavy atom. The molecule has 4 aromatic rings. The Balaban J connectivity index is 0.000000172. The maximum atomic E-state index is 10.0. The summed E-state index contributed by atoms with van der Waals surface area (Å²) in [5.74, 6) is 1.61. The molecule has 2 heterocycles. The van der Waals surface area contributed by atoms with Crippen LogP contribution in [0.1, 0.15) is 25.7 Å². The first-order valence-corrected chi connectivity index (χ1v) is 13.9. The number of methoxy groups -OCH3 is 2. The van der Waals surface area contributed by atoms with Gasteiger partial charge in [-0.25, -0.2) is 9.97 Å². The number of anilines is 1. The number of ether oxygens (including phenoxy) is 2. The summed E-state index contributed by atoms with van der Waals surface area (Å²) in [7, 11) is 3.29. The Kier molecular flexibility index (Phi) is 8.35. The van der Waals surface area contributed by atoms with Gasteiger partial charge in [-0.3, -0.25) is 0 Å². The Labute approximate surface area is 221 Å². The van der Waals surface area contributed by atoms with E-state index in [1.807, 2.05) is 24.3 Å². The molecule has 0 amide bonds. The topological polar surface area (TPSA) is 76.5 Å². The van der Waals surface area contributed by atoms with E-state index in [0.29, 0.717) is 4.47 Å². The second-order valence-corrected chi connectivity index (χ2v) is 11.6. The molecule has 1 aliphatic rings. The second kappa shape index (κ2) is 11.0. The largest absolute Gasteiger partial charge is 0.496 e. The number of halogens is 3. The zero-order chi connectivity index (χ0) is 23.5. The number of fused-ring (bicyclic) bond motifs is 2. The van der Waals surface area contributed by atoms with Crippen molar-refractivity contribution in [2.45, 2.75) is 37.8 Å². The molecule has 11 heteroatoms. The lowest BCUT2D eigenvalue weighted by Crippen LogP contribution is -2.36. The highest BCUT2D eigenvalue weighted by atomic mass is 79.9. The van der Waals surface area contributed by atoms with Gasteiger partial charge in [0.1, 0.15) is 11.5 Å². The SMILES string of the molecule is COc1ccc2nc(Cl)sc2c1Br.COc1ccc2nc(N[C@@H]3CCCC[C@H]3O)sc2c1Br. The molecule has 0 aliphatic heterocycles. The van der Waals surface area contributed by atoms with Crippen LogP contribution in [0.4, 0.5) is 5.13 Å². The van der Waals surface area contributed by atoms with Crippen molar-refractivity contribution in [2.24, 2.45) is 0 Å². The summed E-state index contributed by atoms with van der Waals surface area (Å²) >= 11 is 15.8. The zero-order valence-electron chi connectivity index (χ0n) is 17.9. The number of benzene rings is 2. The molecule has 2 aromatic carbocycles. The van der Waals surface area contributed by atoms with Crippen molar-refractivity contribution in [3.8, 4) is 11.5 Å². The van der Waals surface area contributed by atoms with E-state index in [-0.39, 0.29) is 12.1 Å². The summed E-state index contributed by atoms with van der Waals surface area (Å²) < 4.78 is 14.9. The van der Waals surface area contributed by atoms with E-state index in [2.05, 4.69) is 47.1 Å². The van der Waals surface area contributed by atoms with Gasteiger partial charge in [-0.1, -0.05) is 35.8 Å². The fourth-order valence-electron chi connectivity index (χ4n) is 3.67. The smallest absolute Gasteiger partial charge is 0.184 e. The molecule has 176 valence electrons. The fourth-order valence-corrected chi connectivity index (χ4v) is 7.15. The summed E-state index contributed by atoms with van der Waals surface area (Å²) in [5.41, 5.74) is 1.83. The number of hydrogen-bond acceptors (Lipinski definition) is 8. The molecular formula is C22H22Br2ClN3O3S2. The van der Waals surface area contributed by atoms with Crippen molar-refractivity contribution in [1.82, 2.24) is 9.97 Å². The molecule has 0 bridgehead atoms. The van der Waals surface area contributed by atoms with Crippen LogP contribution in [-0.4, -0.2) is 41.4 Å². The number of rotatable bonds is 4. The summed E-state index contributed by atoms with van der Waals surface area (Å²) in [6.07, 6.45) is 3.88. The maximum absolute atomic E-state index is 10.0. The summed E-state index contributed by atoms with van der Waals surface area (Å²) in [5, 5.41) is 14.3. The lowest BCUT2D eigenvalue weighted by Gasteiger charge is -2.27. The number of aromatic nitrogens is 2. The summed E-state index contributed by atoms with van der Waals surface area (Å²) in [4.78, 5) is 8.74. The number of nitrogens with one attached hydrogen (secondary N) is 1. The van der Waals surface area contributed by atoms with Crippen LogP contribution >= 0.6 is 66.1 Å². The number of hydrogen-bond donors (Lipinski definition) is 2. The van der Waals surface area contributed by atoms with Gasteiger partial charge in [-0.05, 0) is 69.0 Å². The van der Waals surface area contributed by atoms with Gasteiger partial charge in [-0.15, -0.1) is 11.3 Å². The van der Waals surface area contributed by atoms with E-state index in [9.17, 15) is 5.11 Å². The maximum Gasteiger partial charge on any atom is 0.184 e. The van der Waals surface area contributed by atoms with Crippen LogP contribution in [0.5, 0.6) is 11.5 Å². The second-order valence-electron chi connectivity index (χ2n) is 7.45. The van der Waals surface area contributed by atoms with E-state index >= 15 is 0 Å². The minimum absolute atomic E-state index is 0.116. The molecule has 5 rings (SSSR count). The molecule has 0 saturated heterocycles. The molecule has 1 saturated carbocycles. The molecule has 2 N–H and O–H groups in total. The molecule has 1 fully saturated rings. The van der Waals surface area contributed by atoms with Crippen LogP contribution in [-0.2, 0) is 0 Å². The average molecular weight is 636 g/mol. The van der Waals surface area contributed by atoms with Crippen molar-refractivity contribution in [3.63, 3.8) is 0 Å². The third kappa shape index (κ3) is 5.57. The van der Waals surface area contributed by atoms with Crippen molar-refractivity contribution >= 4 is 91.7 Å². The van der Waals surface area contributed by atoms with Crippen LogP contribution in [0.25, 0.3) is 20.4 Å². The van der Waals surface area contributed by atoms with Crippen molar-refractivity contribution in [3.05, 3.63) is 37.7 Å². The Morgan fingerprint density at radius 1 is 0.939 bits per heavy atom. The third-order valence-corrected chi connectivity index (χ3v) is 9.69. The van der Waals surface area contributed by atoms with Gasteiger partial charge in [0.15, 0.2) is 9.60 Å². The number of aliphatic hydroxyl groups is 1. The lowest BCUT2D eigenvalue weighted by atomic mass is 9.93. The quantitative estimate of drug-likeness (QED) is 0.242. The van der Waals surface area contributed by atoms with Gasteiger partial charge >= 0.3 is 0 Å². The minimum Gasteiger partial charge on any atom is -0.496 e. The van der Waals surface area contributed by atoms with E-state index < -0.39 is 0 Å². The standard InChI is InChI=1S/C14H17BrN2O2S.C8H5BrClNOS/c1-19-11-7-6-9-13(12(11)15)20-14(17-9)16-8-4-2-3-5-10(8)18;1-12-5-3-2-4-7(6(5)9)13-8(10)11-4/h6-8,10,18H,2-5H2,1H3,(H,16,17);2-3H,1H3/t8-,10-;/m1./s1. The van der Waals surface area contributed by atoms with Gasteiger partial charge in [-0.2, -0.15) is 0 Å². The molecule has 33 heavy (non-hydrogen) atoms. The number of aliphatic hydroxyl groups excluding tert-OH is 1. The zero-order valence-corrected chi connectivity index (χ0v) is 23.5. The van der Waals surface area contributed by atoms with Crippen molar-refractivity contribution < 1.29 is 14.6 Å². The van der Waals surface area contributed by atoms with Crippen LogP contribution in [0.3, 0.4) is 0 Å². The predicted molar refractivity (Wildman–Crippen MR) is 145 cm³/mol. The van der Waals surface area contributed by atoms with Gasteiger partial charge in [0.05, 0.1) is 55.7 Å². The normalized spacial score (nSPS) is 18.1.